The number of hydrogen-bond acceptors (Lipinski definition) is 5. The summed E-state index contributed by atoms with van der Waals surface area (Å²) in [5, 5.41) is 3.39. The molecule has 2 unspecified atom stereocenters. The zero-order valence-electron chi connectivity index (χ0n) is 20.5. The fraction of sp³-hybridized carbons (Fsp3) is 0.520. The second-order valence-corrected chi connectivity index (χ2v) is 10.4. The Hall–Kier alpha value is -2.54. The van der Waals surface area contributed by atoms with Gasteiger partial charge in [0.15, 0.2) is 0 Å². The second-order valence-electron chi connectivity index (χ2n) is 9.44. The standard InChI is InChI=1S/C25H26BrF6N3O3/c1-3-20-10-19(4-5-37-20)34-22-15(8-18(26)11-33-22)12-35-13(2)21(38-23(35)36)14-6-16(24(27,28)29)9-17(7-14)25(30,31)32/h6-9,11,13,19-21H,3-5,10,12H2,1-2H3,(H,33,34)/t13-,19?,20?,21-/m0/s1. The molecule has 1 N–H and O–H groups in total. The summed E-state index contributed by atoms with van der Waals surface area (Å²) in [6, 6.07) is 2.22. The van der Waals surface area contributed by atoms with Crippen LogP contribution in [-0.2, 0) is 28.4 Å². The van der Waals surface area contributed by atoms with Crippen LogP contribution < -0.4 is 5.32 Å². The van der Waals surface area contributed by atoms with Crippen molar-refractivity contribution in [2.24, 2.45) is 0 Å². The molecule has 6 nitrogen and oxygen atoms in total. The third-order valence-electron chi connectivity index (χ3n) is 6.77. The number of nitrogens with zero attached hydrogens (tertiary/aromatic N) is 2. The van der Waals surface area contributed by atoms with Crippen LogP contribution in [0.25, 0.3) is 0 Å². The number of rotatable bonds is 6. The molecule has 13 heteroatoms. The van der Waals surface area contributed by atoms with Crippen LogP contribution in [0.1, 0.15) is 61.5 Å². The van der Waals surface area contributed by atoms with Crippen molar-refractivity contribution in [2.45, 2.75) is 76.3 Å². The minimum atomic E-state index is -5.01. The van der Waals surface area contributed by atoms with Gasteiger partial charge in [-0.3, -0.25) is 4.90 Å². The Bertz CT molecular complexity index is 1140. The average Bonchev–Trinajstić information content (AvgIpc) is 3.13. The van der Waals surface area contributed by atoms with Gasteiger partial charge in [0.2, 0.25) is 0 Å². The predicted octanol–water partition coefficient (Wildman–Crippen LogP) is 7.33. The first-order valence-corrected chi connectivity index (χ1v) is 12.8. The van der Waals surface area contributed by atoms with E-state index in [1.54, 1.807) is 12.3 Å². The van der Waals surface area contributed by atoms with Crippen LogP contribution in [0.15, 0.2) is 34.9 Å². The van der Waals surface area contributed by atoms with E-state index in [1.165, 1.54) is 11.8 Å². The zero-order chi connectivity index (χ0) is 27.8. The fourth-order valence-electron chi connectivity index (χ4n) is 4.71. The van der Waals surface area contributed by atoms with Crippen LogP contribution in [0, 0.1) is 0 Å². The summed E-state index contributed by atoms with van der Waals surface area (Å²) in [6.45, 7) is 4.13. The van der Waals surface area contributed by atoms with Gasteiger partial charge in [-0.2, -0.15) is 26.3 Å². The lowest BCUT2D eigenvalue weighted by Crippen LogP contribution is -2.35. The third kappa shape index (κ3) is 6.36. The van der Waals surface area contributed by atoms with E-state index >= 15 is 0 Å². The lowest BCUT2D eigenvalue weighted by atomic mass is 9.97. The van der Waals surface area contributed by atoms with E-state index in [2.05, 4.69) is 26.2 Å². The first kappa shape index (κ1) is 28.5. The Labute approximate surface area is 223 Å². The molecule has 0 bridgehead atoms. The van der Waals surface area contributed by atoms with Gasteiger partial charge in [0.25, 0.3) is 0 Å². The van der Waals surface area contributed by atoms with Gasteiger partial charge in [0, 0.05) is 28.9 Å². The van der Waals surface area contributed by atoms with Crippen LogP contribution in [0.4, 0.5) is 37.0 Å². The van der Waals surface area contributed by atoms with Crippen molar-refractivity contribution in [3.63, 3.8) is 0 Å². The summed E-state index contributed by atoms with van der Waals surface area (Å²) >= 11 is 3.37. The van der Waals surface area contributed by atoms with Crippen molar-refractivity contribution in [3.05, 3.63) is 57.2 Å². The van der Waals surface area contributed by atoms with Gasteiger partial charge in [-0.25, -0.2) is 9.78 Å². The summed E-state index contributed by atoms with van der Waals surface area (Å²) in [6.07, 6.45) is -8.09. The van der Waals surface area contributed by atoms with Crippen molar-refractivity contribution in [3.8, 4) is 0 Å². The number of carbonyl (C=O) groups is 1. The highest BCUT2D eigenvalue weighted by molar-refractivity contribution is 9.10. The van der Waals surface area contributed by atoms with Crippen LogP contribution in [0.2, 0.25) is 0 Å². The maximum atomic E-state index is 13.4. The second kappa shape index (κ2) is 10.9. The number of hydrogen-bond donors (Lipinski definition) is 1. The quantitative estimate of drug-likeness (QED) is 0.347. The van der Waals surface area contributed by atoms with Gasteiger partial charge in [-0.15, -0.1) is 0 Å². The van der Waals surface area contributed by atoms with Gasteiger partial charge in [-0.05, 0) is 71.9 Å². The van der Waals surface area contributed by atoms with E-state index in [4.69, 9.17) is 9.47 Å². The van der Waals surface area contributed by atoms with Crippen LogP contribution in [0.3, 0.4) is 0 Å². The maximum absolute atomic E-state index is 13.4. The number of anilines is 1. The Morgan fingerprint density at radius 3 is 2.37 bits per heavy atom. The number of pyridine rings is 1. The normalized spacial score (nSPS) is 24.4. The molecule has 0 spiro atoms. The average molecular weight is 610 g/mol. The molecule has 1 aromatic heterocycles. The van der Waals surface area contributed by atoms with Crippen molar-refractivity contribution in [1.29, 1.82) is 0 Å². The molecule has 4 rings (SSSR count). The highest BCUT2D eigenvalue weighted by Crippen LogP contribution is 2.41. The number of nitrogens with one attached hydrogen (secondary N) is 1. The topological polar surface area (TPSA) is 63.7 Å². The van der Waals surface area contributed by atoms with Crippen molar-refractivity contribution in [1.82, 2.24) is 9.88 Å². The lowest BCUT2D eigenvalue weighted by Gasteiger charge is -2.31. The highest BCUT2D eigenvalue weighted by atomic mass is 79.9. The smallest absolute Gasteiger partial charge is 0.416 e. The van der Waals surface area contributed by atoms with Gasteiger partial charge in [-0.1, -0.05) is 6.92 Å². The van der Waals surface area contributed by atoms with Gasteiger partial charge < -0.3 is 14.8 Å². The first-order chi connectivity index (χ1) is 17.8. The van der Waals surface area contributed by atoms with Crippen LogP contribution >= 0.6 is 15.9 Å². The number of carbonyl (C=O) groups excluding carboxylic acids is 1. The molecule has 0 aliphatic carbocycles. The number of benzene rings is 1. The molecule has 208 valence electrons. The largest absolute Gasteiger partial charge is 0.439 e. The summed E-state index contributed by atoms with van der Waals surface area (Å²) in [5.41, 5.74) is -2.69. The molecule has 2 fully saturated rings. The first-order valence-electron chi connectivity index (χ1n) is 12.1. The molecule has 1 amide bonds. The molecular weight excluding hydrogens is 584 g/mol. The Morgan fingerprint density at radius 1 is 1.11 bits per heavy atom. The number of ether oxygens (including phenoxy) is 2. The summed E-state index contributed by atoms with van der Waals surface area (Å²) in [5.74, 6) is 0.525. The minimum absolute atomic E-state index is 0.0171. The summed E-state index contributed by atoms with van der Waals surface area (Å²) < 4.78 is 91.9. The minimum Gasteiger partial charge on any atom is -0.439 e. The van der Waals surface area contributed by atoms with Crippen molar-refractivity contribution in [2.75, 3.05) is 11.9 Å². The molecular formula is C25H26BrF6N3O3. The van der Waals surface area contributed by atoms with Crippen LogP contribution in [-0.4, -0.2) is 40.8 Å². The molecule has 2 aromatic rings. The van der Waals surface area contributed by atoms with Gasteiger partial charge >= 0.3 is 18.4 Å². The molecule has 2 saturated heterocycles. The Balaban J connectivity index is 1.59. The fourth-order valence-corrected chi connectivity index (χ4v) is 5.09. The molecule has 3 heterocycles. The molecule has 4 atom stereocenters. The highest BCUT2D eigenvalue weighted by Gasteiger charge is 2.43. The SMILES string of the molecule is CCC1CC(Nc2ncc(Br)cc2CN2C(=O)O[C@H](c3cc(C(F)(F)F)cc(C(F)(F)F)c3)[C@@H]2C)CCO1. The number of alkyl halides is 6. The molecule has 38 heavy (non-hydrogen) atoms. The van der Waals surface area contributed by atoms with Crippen molar-refractivity contribution >= 4 is 27.8 Å². The van der Waals surface area contributed by atoms with Gasteiger partial charge in [0.1, 0.15) is 11.9 Å². The van der Waals surface area contributed by atoms with E-state index in [0.29, 0.717) is 34.6 Å². The predicted molar refractivity (Wildman–Crippen MR) is 129 cm³/mol. The van der Waals surface area contributed by atoms with Crippen LogP contribution in [0.5, 0.6) is 0 Å². The molecule has 0 saturated carbocycles. The van der Waals surface area contributed by atoms with E-state index in [9.17, 15) is 31.1 Å². The van der Waals surface area contributed by atoms with Crippen molar-refractivity contribution < 1.29 is 40.6 Å². The Morgan fingerprint density at radius 2 is 1.76 bits per heavy atom. The monoisotopic (exact) mass is 609 g/mol. The molecule has 2 aliphatic heterocycles. The maximum Gasteiger partial charge on any atom is 0.416 e. The van der Waals surface area contributed by atoms with E-state index in [1.807, 2.05) is 6.92 Å². The van der Waals surface area contributed by atoms with E-state index < -0.39 is 41.7 Å². The summed E-state index contributed by atoms with van der Waals surface area (Å²) in [7, 11) is 0. The molecule has 1 aromatic carbocycles. The van der Waals surface area contributed by atoms with E-state index in [-0.39, 0.29) is 30.3 Å². The molecule has 0 radical (unpaired) electrons. The zero-order valence-corrected chi connectivity index (χ0v) is 22.1. The third-order valence-corrected chi connectivity index (χ3v) is 7.20. The summed E-state index contributed by atoms with van der Waals surface area (Å²) in [4.78, 5) is 18.5. The number of halogens is 7. The number of amides is 1. The molecule has 2 aliphatic rings. The number of aromatic nitrogens is 1. The lowest BCUT2D eigenvalue weighted by molar-refractivity contribution is -0.143. The van der Waals surface area contributed by atoms with E-state index in [0.717, 1.165) is 19.3 Å². The number of cyclic esters (lactones) is 1. The Kier molecular flexibility index (Phi) is 8.17. The van der Waals surface area contributed by atoms with Gasteiger partial charge in [0.05, 0.1) is 29.8 Å².